The first-order valence-corrected chi connectivity index (χ1v) is 7.89. The molecule has 0 spiro atoms. The number of anilines is 1. The lowest BCUT2D eigenvalue weighted by Crippen LogP contribution is -2.28. The number of halogens is 1. The predicted octanol–water partition coefficient (Wildman–Crippen LogP) is 3.66. The Balaban J connectivity index is 0.00000242. The largest absolute Gasteiger partial charge is 0.491 e. The molecule has 1 fully saturated rings. The van der Waals surface area contributed by atoms with E-state index in [1.165, 1.54) is 0 Å². The fourth-order valence-corrected chi connectivity index (χ4v) is 2.82. The zero-order chi connectivity index (χ0) is 15.2. The van der Waals surface area contributed by atoms with E-state index in [2.05, 4.69) is 12.2 Å². The molecule has 4 nitrogen and oxygen atoms in total. The van der Waals surface area contributed by atoms with Crippen LogP contribution in [0, 0.1) is 12.8 Å². The summed E-state index contributed by atoms with van der Waals surface area (Å²) in [5, 5.41) is 2.97. The topological polar surface area (TPSA) is 64.3 Å². The lowest BCUT2D eigenvalue weighted by molar-refractivity contribution is -0.117. The van der Waals surface area contributed by atoms with Crippen molar-refractivity contribution in [2.75, 3.05) is 11.9 Å². The Hall–Kier alpha value is -1.26. The van der Waals surface area contributed by atoms with Crippen molar-refractivity contribution in [3.8, 4) is 5.75 Å². The van der Waals surface area contributed by atoms with Gasteiger partial charge in [0.2, 0.25) is 5.91 Å². The molecular formula is C17H27ClN2O2. The minimum absolute atomic E-state index is 0. The minimum atomic E-state index is 0. The average molecular weight is 327 g/mol. The summed E-state index contributed by atoms with van der Waals surface area (Å²) in [5.74, 6) is 1.10. The molecular weight excluding hydrogens is 300 g/mol. The standard InChI is InChI=1S/C17H26N2O2.ClH/c1-3-9-21-16-10-12(2)7-8-15(16)19-17(20)11-13-5-4-6-14(13)18;/h7-8,10,13-14H,3-6,9,11,18H2,1-2H3,(H,19,20);1H/t13-,14+;/m0./s1. The van der Waals surface area contributed by atoms with Gasteiger partial charge in [0.1, 0.15) is 5.75 Å². The Kier molecular flexibility index (Phi) is 7.69. The Morgan fingerprint density at radius 3 is 2.82 bits per heavy atom. The summed E-state index contributed by atoms with van der Waals surface area (Å²) in [6.07, 6.45) is 4.67. The molecule has 22 heavy (non-hydrogen) atoms. The minimum Gasteiger partial charge on any atom is -0.491 e. The van der Waals surface area contributed by atoms with Crippen molar-refractivity contribution in [1.82, 2.24) is 0 Å². The normalized spacial score (nSPS) is 20.3. The highest BCUT2D eigenvalue weighted by atomic mass is 35.5. The molecule has 2 rings (SSSR count). The number of carbonyl (C=O) groups excluding carboxylic acids is 1. The third-order valence-electron chi connectivity index (χ3n) is 4.04. The first kappa shape index (κ1) is 18.8. The molecule has 5 heteroatoms. The second-order valence-corrected chi connectivity index (χ2v) is 5.96. The quantitative estimate of drug-likeness (QED) is 0.838. The Morgan fingerprint density at radius 1 is 1.41 bits per heavy atom. The van der Waals surface area contributed by atoms with Crippen LogP contribution in [0.2, 0.25) is 0 Å². The maximum absolute atomic E-state index is 12.2. The van der Waals surface area contributed by atoms with E-state index in [4.69, 9.17) is 10.5 Å². The number of rotatable bonds is 6. The summed E-state index contributed by atoms with van der Waals surface area (Å²) in [6, 6.07) is 6.03. The van der Waals surface area contributed by atoms with Crippen LogP contribution in [-0.2, 0) is 4.79 Å². The molecule has 1 amide bonds. The van der Waals surface area contributed by atoms with E-state index in [0.29, 0.717) is 18.9 Å². The molecule has 0 aromatic heterocycles. The summed E-state index contributed by atoms with van der Waals surface area (Å²) >= 11 is 0. The van der Waals surface area contributed by atoms with Gasteiger partial charge in [0, 0.05) is 12.5 Å². The van der Waals surface area contributed by atoms with Gasteiger partial charge in [-0.1, -0.05) is 19.4 Å². The van der Waals surface area contributed by atoms with Crippen LogP contribution in [0.3, 0.4) is 0 Å². The van der Waals surface area contributed by atoms with Crippen LogP contribution in [-0.4, -0.2) is 18.6 Å². The molecule has 3 N–H and O–H groups in total. The lowest BCUT2D eigenvalue weighted by Gasteiger charge is -2.16. The first-order valence-electron chi connectivity index (χ1n) is 7.89. The number of hydrogen-bond acceptors (Lipinski definition) is 3. The van der Waals surface area contributed by atoms with Crippen molar-refractivity contribution in [2.45, 2.75) is 52.0 Å². The van der Waals surface area contributed by atoms with Crippen LogP contribution in [0.5, 0.6) is 5.75 Å². The van der Waals surface area contributed by atoms with Gasteiger partial charge < -0.3 is 15.8 Å². The molecule has 1 saturated carbocycles. The number of carbonyl (C=O) groups is 1. The molecule has 0 bridgehead atoms. The van der Waals surface area contributed by atoms with Crippen LogP contribution in [0.4, 0.5) is 5.69 Å². The molecule has 0 aliphatic heterocycles. The monoisotopic (exact) mass is 326 g/mol. The van der Waals surface area contributed by atoms with E-state index in [1.807, 2.05) is 25.1 Å². The zero-order valence-corrected chi connectivity index (χ0v) is 14.2. The van der Waals surface area contributed by atoms with Gasteiger partial charge in [-0.25, -0.2) is 0 Å². The Labute approximate surface area is 139 Å². The van der Waals surface area contributed by atoms with Crippen molar-refractivity contribution in [2.24, 2.45) is 11.7 Å². The number of ether oxygens (including phenoxy) is 1. The van der Waals surface area contributed by atoms with Crippen LogP contribution in [0.1, 0.15) is 44.6 Å². The maximum Gasteiger partial charge on any atom is 0.224 e. The van der Waals surface area contributed by atoms with Gasteiger partial charge in [-0.3, -0.25) is 4.79 Å². The van der Waals surface area contributed by atoms with Crippen LogP contribution in [0.15, 0.2) is 18.2 Å². The van der Waals surface area contributed by atoms with Gasteiger partial charge in [0.05, 0.1) is 12.3 Å². The zero-order valence-electron chi connectivity index (χ0n) is 13.4. The molecule has 1 aromatic rings. The van der Waals surface area contributed by atoms with Crippen LogP contribution in [0.25, 0.3) is 0 Å². The first-order chi connectivity index (χ1) is 10.1. The number of benzene rings is 1. The summed E-state index contributed by atoms with van der Waals surface area (Å²) in [5.41, 5.74) is 7.91. The molecule has 1 aliphatic rings. The molecule has 1 aromatic carbocycles. The van der Waals surface area contributed by atoms with Gasteiger partial charge in [0.15, 0.2) is 0 Å². The second-order valence-electron chi connectivity index (χ2n) is 5.96. The number of hydrogen-bond donors (Lipinski definition) is 2. The van der Waals surface area contributed by atoms with E-state index < -0.39 is 0 Å². The predicted molar refractivity (Wildman–Crippen MR) is 92.8 cm³/mol. The van der Waals surface area contributed by atoms with Crippen molar-refractivity contribution < 1.29 is 9.53 Å². The number of amides is 1. The van der Waals surface area contributed by atoms with E-state index >= 15 is 0 Å². The Bertz CT molecular complexity index is 494. The summed E-state index contributed by atoms with van der Waals surface area (Å²) < 4.78 is 5.72. The number of nitrogens with two attached hydrogens (primary N) is 1. The van der Waals surface area contributed by atoms with E-state index in [0.717, 1.165) is 42.7 Å². The summed E-state index contributed by atoms with van der Waals surface area (Å²) in [4.78, 5) is 12.2. The molecule has 0 radical (unpaired) electrons. The van der Waals surface area contributed by atoms with Crippen LogP contribution < -0.4 is 15.8 Å². The average Bonchev–Trinajstić information content (AvgIpc) is 2.84. The van der Waals surface area contributed by atoms with E-state index in [-0.39, 0.29) is 24.4 Å². The van der Waals surface area contributed by atoms with Gasteiger partial charge in [-0.2, -0.15) is 0 Å². The molecule has 2 atom stereocenters. The highest BCUT2D eigenvalue weighted by Crippen LogP contribution is 2.29. The summed E-state index contributed by atoms with van der Waals surface area (Å²) in [7, 11) is 0. The van der Waals surface area contributed by atoms with E-state index in [1.54, 1.807) is 0 Å². The highest BCUT2D eigenvalue weighted by molar-refractivity contribution is 5.92. The van der Waals surface area contributed by atoms with Crippen molar-refractivity contribution in [1.29, 1.82) is 0 Å². The van der Waals surface area contributed by atoms with Gasteiger partial charge >= 0.3 is 0 Å². The second kappa shape index (κ2) is 9.01. The fourth-order valence-electron chi connectivity index (χ4n) is 2.82. The van der Waals surface area contributed by atoms with Gasteiger partial charge in [-0.05, 0) is 49.8 Å². The van der Waals surface area contributed by atoms with Crippen LogP contribution >= 0.6 is 12.4 Å². The van der Waals surface area contributed by atoms with Gasteiger partial charge in [-0.15, -0.1) is 12.4 Å². The lowest BCUT2D eigenvalue weighted by atomic mass is 10.00. The van der Waals surface area contributed by atoms with E-state index in [9.17, 15) is 4.79 Å². The van der Waals surface area contributed by atoms with Crippen molar-refractivity contribution >= 4 is 24.0 Å². The molecule has 1 aliphatic carbocycles. The number of aryl methyl sites for hydroxylation is 1. The maximum atomic E-state index is 12.2. The SMILES string of the molecule is CCCOc1cc(C)ccc1NC(=O)C[C@@H]1CCC[C@H]1N.Cl. The Morgan fingerprint density at radius 2 is 2.18 bits per heavy atom. The molecule has 0 unspecified atom stereocenters. The third kappa shape index (κ3) is 5.18. The molecule has 0 saturated heterocycles. The number of nitrogens with one attached hydrogen (secondary N) is 1. The fraction of sp³-hybridized carbons (Fsp3) is 0.588. The molecule has 124 valence electrons. The highest BCUT2D eigenvalue weighted by Gasteiger charge is 2.26. The third-order valence-corrected chi connectivity index (χ3v) is 4.04. The summed E-state index contributed by atoms with van der Waals surface area (Å²) in [6.45, 7) is 4.73. The van der Waals surface area contributed by atoms with Crippen molar-refractivity contribution in [3.05, 3.63) is 23.8 Å². The smallest absolute Gasteiger partial charge is 0.224 e. The van der Waals surface area contributed by atoms with Crippen molar-refractivity contribution in [3.63, 3.8) is 0 Å². The van der Waals surface area contributed by atoms with Gasteiger partial charge in [0.25, 0.3) is 0 Å². The molecule has 0 heterocycles.